The molecule has 2 heterocycles. The van der Waals surface area contributed by atoms with Crippen molar-refractivity contribution in [3.05, 3.63) is 29.3 Å². The quantitative estimate of drug-likeness (QED) is 0.745. The number of hydrogen-bond donors (Lipinski definition) is 0. The minimum absolute atomic E-state index is 0.390. The Balaban J connectivity index is 1.59. The van der Waals surface area contributed by atoms with Gasteiger partial charge in [-0.05, 0) is 24.6 Å². The highest BCUT2D eigenvalue weighted by Gasteiger charge is 2.44. The maximum atomic E-state index is 11.2. The maximum Gasteiger partial charge on any atom is 0.509 e. The fraction of sp³-hybridized carbons (Fsp3) is 0.611. The highest BCUT2D eigenvalue weighted by molar-refractivity contribution is 5.62. The number of carbonyl (C=O) groups excluding carboxylic acids is 1. The number of rotatable bonds is 6. The summed E-state index contributed by atoms with van der Waals surface area (Å²) in [6, 6.07) is 6.25. The molecule has 0 N–H and O–H groups in total. The summed E-state index contributed by atoms with van der Waals surface area (Å²) in [5.41, 5.74) is 1.91. The number of ether oxygens (including phenoxy) is 4. The van der Waals surface area contributed by atoms with E-state index in [9.17, 15) is 4.79 Å². The van der Waals surface area contributed by atoms with Gasteiger partial charge in [0.25, 0.3) is 0 Å². The standard InChI is InChI=1S/C18H25NO5/c1-3-22-12-15-10-14(4-5-16(15)21-2)11-19-8-6-18(7-9-19)13-23-17(20)24-18/h4-5,10H,3,6-9,11-13H2,1-2H3. The van der Waals surface area contributed by atoms with Crippen molar-refractivity contribution in [3.8, 4) is 5.75 Å². The van der Waals surface area contributed by atoms with E-state index in [0.717, 1.165) is 43.8 Å². The fourth-order valence-electron chi connectivity index (χ4n) is 3.30. The van der Waals surface area contributed by atoms with Crippen LogP contribution in [-0.2, 0) is 27.4 Å². The van der Waals surface area contributed by atoms with Crippen molar-refractivity contribution >= 4 is 6.16 Å². The van der Waals surface area contributed by atoms with Gasteiger partial charge in [-0.15, -0.1) is 0 Å². The van der Waals surface area contributed by atoms with E-state index in [1.54, 1.807) is 7.11 Å². The largest absolute Gasteiger partial charge is 0.509 e. The van der Waals surface area contributed by atoms with Gasteiger partial charge in [0.1, 0.15) is 12.4 Å². The van der Waals surface area contributed by atoms with Gasteiger partial charge in [0.05, 0.1) is 13.7 Å². The zero-order valence-corrected chi connectivity index (χ0v) is 14.4. The number of piperidine rings is 1. The molecule has 0 unspecified atom stereocenters. The molecule has 2 aliphatic heterocycles. The van der Waals surface area contributed by atoms with Gasteiger partial charge in [0, 0.05) is 44.6 Å². The first-order valence-corrected chi connectivity index (χ1v) is 8.46. The Kier molecular flexibility index (Phi) is 5.26. The zero-order chi connectivity index (χ0) is 17.0. The summed E-state index contributed by atoms with van der Waals surface area (Å²) >= 11 is 0. The van der Waals surface area contributed by atoms with Crippen LogP contribution in [0.4, 0.5) is 4.79 Å². The molecule has 0 aromatic heterocycles. The van der Waals surface area contributed by atoms with E-state index in [-0.39, 0.29) is 0 Å². The van der Waals surface area contributed by atoms with Gasteiger partial charge < -0.3 is 18.9 Å². The fourth-order valence-corrected chi connectivity index (χ4v) is 3.30. The van der Waals surface area contributed by atoms with Crippen molar-refractivity contribution < 1.29 is 23.7 Å². The molecular weight excluding hydrogens is 310 g/mol. The third-order valence-corrected chi connectivity index (χ3v) is 4.73. The third-order valence-electron chi connectivity index (χ3n) is 4.73. The predicted octanol–water partition coefficient (Wildman–Crippen LogP) is 2.73. The molecule has 6 heteroatoms. The smallest absolute Gasteiger partial charge is 0.496 e. The van der Waals surface area contributed by atoms with E-state index in [1.807, 2.05) is 13.0 Å². The van der Waals surface area contributed by atoms with Crippen LogP contribution in [0, 0.1) is 0 Å². The zero-order valence-electron chi connectivity index (χ0n) is 14.4. The SMILES string of the molecule is CCOCc1cc(CN2CCC3(CC2)COC(=O)O3)ccc1OC. The molecule has 1 spiro atoms. The molecule has 0 bridgehead atoms. The topological polar surface area (TPSA) is 57.2 Å². The number of likely N-dealkylation sites (tertiary alicyclic amines) is 1. The van der Waals surface area contributed by atoms with Crippen LogP contribution < -0.4 is 4.74 Å². The van der Waals surface area contributed by atoms with Gasteiger partial charge in [-0.3, -0.25) is 4.90 Å². The predicted molar refractivity (Wildman–Crippen MR) is 88.0 cm³/mol. The van der Waals surface area contributed by atoms with E-state index in [2.05, 4.69) is 17.0 Å². The lowest BCUT2D eigenvalue weighted by Crippen LogP contribution is -2.45. The van der Waals surface area contributed by atoms with Gasteiger partial charge in [0.15, 0.2) is 5.60 Å². The highest BCUT2D eigenvalue weighted by atomic mass is 16.8. The lowest BCUT2D eigenvalue weighted by molar-refractivity contribution is -0.00164. The molecule has 0 radical (unpaired) electrons. The Bertz CT molecular complexity index is 581. The van der Waals surface area contributed by atoms with Crippen LogP contribution in [0.3, 0.4) is 0 Å². The van der Waals surface area contributed by atoms with Gasteiger partial charge >= 0.3 is 6.16 Å². The first kappa shape index (κ1) is 17.0. The number of benzene rings is 1. The second-order valence-electron chi connectivity index (χ2n) is 6.38. The summed E-state index contributed by atoms with van der Waals surface area (Å²) in [7, 11) is 1.68. The van der Waals surface area contributed by atoms with E-state index in [4.69, 9.17) is 18.9 Å². The molecule has 2 aliphatic rings. The van der Waals surface area contributed by atoms with Gasteiger partial charge in [-0.2, -0.15) is 0 Å². The van der Waals surface area contributed by atoms with Crippen LogP contribution in [0.15, 0.2) is 18.2 Å². The Morgan fingerprint density at radius 2 is 2.08 bits per heavy atom. The van der Waals surface area contributed by atoms with Crippen molar-refractivity contribution in [1.29, 1.82) is 0 Å². The monoisotopic (exact) mass is 335 g/mol. The minimum atomic E-state index is -0.529. The highest BCUT2D eigenvalue weighted by Crippen LogP contribution is 2.32. The summed E-state index contributed by atoms with van der Waals surface area (Å²) < 4.78 is 21.3. The molecule has 3 rings (SSSR count). The molecule has 6 nitrogen and oxygen atoms in total. The lowest BCUT2D eigenvalue weighted by atomic mass is 9.92. The van der Waals surface area contributed by atoms with E-state index in [1.165, 1.54) is 5.56 Å². The molecule has 2 saturated heterocycles. The van der Waals surface area contributed by atoms with Crippen LogP contribution in [0.1, 0.15) is 30.9 Å². The Hall–Kier alpha value is -1.79. The summed E-state index contributed by atoms with van der Waals surface area (Å²) in [6.07, 6.45) is 1.11. The minimum Gasteiger partial charge on any atom is -0.496 e. The van der Waals surface area contributed by atoms with Crippen molar-refractivity contribution in [3.63, 3.8) is 0 Å². The number of hydrogen-bond acceptors (Lipinski definition) is 6. The summed E-state index contributed by atoms with van der Waals surface area (Å²) in [5, 5.41) is 0. The van der Waals surface area contributed by atoms with Crippen molar-refractivity contribution in [2.75, 3.05) is 33.4 Å². The Labute approximate surface area is 142 Å². The average Bonchev–Trinajstić information content (AvgIpc) is 2.96. The second kappa shape index (κ2) is 7.40. The molecule has 24 heavy (non-hydrogen) atoms. The molecule has 0 aliphatic carbocycles. The first-order valence-electron chi connectivity index (χ1n) is 8.46. The molecule has 0 saturated carbocycles. The lowest BCUT2D eigenvalue weighted by Gasteiger charge is -2.36. The molecule has 1 aromatic rings. The Morgan fingerprint density at radius 1 is 1.29 bits per heavy atom. The number of nitrogens with zero attached hydrogens (tertiary/aromatic N) is 1. The van der Waals surface area contributed by atoms with E-state index >= 15 is 0 Å². The summed E-state index contributed by atoms with van der Waals surface area (Å²) in [5.74, 6) is 0.861. The maximum absolute atomic E-state index is 11.2. The molecule has 0 amide bonds. The Morgan fingerprint density at radius 3 is 2.71 bits per heavy atom. The second-order valence-corrected chi connectivity index (χ2v) is 6.38. The van der Waals surface area contributed by atoms with Crippen molar-refractivity contribution in [2.45, 2.75) is 38.5 Å². The van der Waals surface area contributed by atoms with E-state index < -0.39 is 11.8 Å². The van der Waals surface area contributed by atoms with E-state index in [0.29, 0.717) is 19.8 Å². The molecule has 132 valence electrons. The first-order chi connectivity index (χ1) is 11.6. The molecule has 1 aromatic carbocycles. The van der Waals surface area contributed by atoms with Gasteiger partial charge in [-0.1, -0.05) is 6.07 Å². The average molecular weight is 335 g/mol. The summed E-state index contributed by atoms with van der Waals surface area (Å²) in [4.78, 5) is 13.6. The van der Waals surface area contributed by atoms with Crippen molar-refractivity contribution in [1.82, 2.24) is 4.90 Å². The van der Waals surface area contributed by atoms with Crippen LogP contribution >= 0.6 is 0 Å². The normalized spacial score (nSPS) is 20.0. The van der Waals surface area contributed by atoms with Crippen LogP contribution in [0.2, 0.25) is 0 Å². The van der Waals surface area contributed by atoms with Crippen LogP contribution in [0.5, 0.6) is 5.75 Å². The van der Waals surface area contributed by atoms with Crippen LogP contribution in [0.25, 0.3) is 0 Å². The number of cyclic esters (lactones) is 1. The number of methoxy groups -OCH3 is 1. The molecular formula is C18H25NO5. The number of carbonyl (C=O) groups is 1. The summed E-state index contributed by atoms with van der Waals surface area (Å²) in [6.45, 7) is 6.27. The van der Waals surface area contributed by atoms with Gasteiger partial charge in [-0.25, -0.2) is 4.79 Å². The van der Waals surface area contributed by atoms with Gasteiger partial charge in [0.2, 0.25) is 0 Å². The molecule has 0 atom stereocenters. The van der Waals surface area contributed by atoms with Crippen molar-refractivity contribution in [2.24, 2.45) is 0 Å². The van der Waals surface area contributed by atoms with Crippen LogP contribution in [-0.4, -0.2) is 50.1 Å². The molecule has 2 fully saturated rings. The third kappa shape index (κ3) is 3.82.